The normalized spacial score (nSPS) is 14.3. The van der Waals surface area contributed by atoms with Crippen LogP contribution in [-0.4, -0.2) is 4.57 Å². The first-order valence-electron chi connectivity index (χ1n) is 23.3. The van der Waals surface area contributed by atoms with Gasteiger partial charge in [0.1, 0.15) is 0 Å². The molecule has 14 rings (SSSR count). The van der Waals surface area contributed by atoms with E-state index >= 15 is 0 Å². The van der Waals surface area contributed by atoms with E-state index < -0.39 is 5.41 Å². The van der Waals surface area contributed by atoms with Crippen LogP contribution in [0.5, 0.6) is 0 Å². The zero-order valence-corrected chi connectivity index (χ0v) is 36.6. The Morgan fingerprint density at radius 1 is 0.313 bits per heavy atom. The monoisotopic (exact) mass is 850 g/mol. The highest BCUT2D eigenvalue weighted by Gasteiger charge is 2.51. The molecule has 0 amide bonds. The van der Waals surface area contributed by atoms with Crippen LogP contribution in [-0.2, 0) is 5.41 Å². The van der Waals surface area contributed by atoms with Gasteiger partial charge in [0.25, 0.3) is 0 Å². The van der Waals surface area contributed by atoms with Crippen LogP contribution in [0.4, 0.5) is 17.1 Å². The third-order valence-corrected chi connectivity index (χ3v) is 14.6. The van der Waals surface area contributed by atoms with E-state index in [-0.39, 0.29) is 0 Å². The molecule has 1 aromatic heterocycles. The topological polar surface area (TPSA) is 8.17 Å². The molecule has 0 saturated carbocycles. The molecule has 2 aliphatic rings. The predicted octanol–water partition coefficient (Wildman–Crippen LogP) is 17.1. The van der Waals surface area contributed by atoms with Crippen LogP contribution in [0.15, 0.2) is 255 Å². The number of para-hydroxylation sites is 4. The summed E-state index contributed by atoms with van der Waals surface area (Å²) in [5, 5.41) is 5.05. The van der Waals surface area contributed by atoms with Crippen LogP contribution in [0.1, 0.15) is 22.3 Å². The second-order valence-electron chi connectivity index (χ2n) is 18.0. The Morgan fingerprint density at radius 2 is 0.910 bits per heavy atom. The molecular weight excluding hydrogens is 809 g/mol. The lowest BCUT2D eigenvalue weighted by Gasteiger charge is -2.40. The van der Waals surface area contributed by atoms with E-state index in [1.807, 2.05) is 0 Å². The molecule has 2 heteroatoms. The number of hydrogen-bond donors (Lipinski definition) is 0. The molecule has 1 aliphatic heterocycles. The second kappa shape index (κ2) is 14.7. The summed E-state index contributed by atoms with van der Waals surface area (Å²) in [7, 11) is 0. The Kier molecular flexibility index (Phi) is 8.23. The summed E-state index contributed by atoms with van der Waals surface area (Å²) in [6.07, 6.45) is 0. The quantitative estimate of drug-likeness (QED) is 0.162. The molecule has 0 saturated heterocycles. The van der Waals surface area contributed by atoms with E-state index in [1.165, 1.54) is 99.5 Å². The van der Waals surface area contributed by atoms with Gasteiger partial charge in [0.15, 0.2) is 0 Å². The molecule has 0 fully saturated rings. The van der Waals surface area contributed by atoms with Crippen molar-refractivity contribution >= 4 is 49.6 Å². The van der Waals surface area contributed by atoms with E-state index in [2.05, 4.69) is 264 Å². The van der Waals surface area contributed by atoms with Gasteiger partial charge in [-0.15, -0.1) is 0 Å². The van der Waals surface area contributed by atoms with Crippen molar-refractivity contribution in [3.05, 3.63) is 277 Å². The maximum atomic E-state index is 2.52. The van der Waals surface area contributed by atoms with Gasteiger partial charge in [-0.2, -0.15) is 0 Å². The van der Waals surface area contributed by atoms with E-state index in [0.29, 0.717) is 0 Å². The SMILES string of the molecule is c1ccc(-c2cccc(-c3ccccc3N(c3ccc(-c4cccc5ccccc45)cc3)c3ccc4c(c3)C3(c5ccccc5-4)c4ccccc4-n4c5ccccc5c5cccc3c54)c2)cc1. The Labute approximate surface area is 389 Å². The highest BCUT2D eigenvalue weighted by Crippen LogP contribution is 2.62. The summed E-state index contributed by atoms with van der Waals surface area (Å²) in [4.78, 5) is 2.49. The van der Waals surface area contributed by atoms with E-state index in [0.717, 1.165) is 22.6 Å². The zero-order valence-electron chi connectivity index (χ0n) is 36.6. The Balaban J connectivity index is 1.03. The minimum atomic E-state index is -0.574. The molecule has 0 bridgehead atoms. The Hall–Kier alpha value is -8.72. The molecule has 0 radical (unpaired) electrons. The highest BCUT2D eigenvalue weighted by atomic mass is 15.1. The Morgan fingerprint density at radius 3 is 1.81 bits per heavy atom. The average Bonchev–Trinajstić information content (AvgIpc) is 3.89. The van der Waals surface area contributed by atoms with Crippen LogP contribution >= 0.6 is 0 Å². The van der Waals surface area contributed by atoms with Crippen molar-refractivity contribution in [1.29, 1.82) is 0 Å². The molecule has 1 atom stereocenters. The van der Waals surface area contributed by atoms with Gasteiger partial charge in [0.2, 0.25) is 0 Å². The number of nitrogens with zero attached hydrogens (tertiary/aromatic N) is 2. The molecule has 67 heavy (non-hydrogen) atoms. The van der Waals surface area contributed by atoms with E-state index in [1.54, 1.807) is 0 Å². The van der Waals surface area contributed by atoms with Crippen LogP contribution in [0.3, 0.4) is 0 Å². The number of anilines is 3. The molecule has 1 spiro atoms. The Bertz CT molecular complexity index is 3930. The van der Waals surface area contributed by atoms with Crippen molar-refractivity contribution in [3.63, 3.8) is 0 Å². The molecular formula is C65H42N2. The molecule has 12 aromatic rings. The standard InChI is InChI=1S/C65H42N2/c1-2-17-43(18-3-1)46-21-14-22-47(41-46)52-24-7-11-32-61(52)66(48-37-35-45(36-38-48)51-27-15-20-44-19-4-5-23-50(44)51)49-39-40-54-53-25-6-9-29-57(53)65(60(54)42-49)58-30-10-13-34-63(58)67-62-33-12-8-26-55(62)56-28-16-31-59(65)64(56)67/h1-42H. The van der Waals surface area contributed by atoms with Gasteiger partial charge in [0.05, 0.1) is 27.8 Å². The minimum absolute atomic E-state index is 0.574. The largest absolute Gasteiger partial charge is 0.310 e. The molecule has 312 valence electrons. The average molecular weight is 851 g/mol. The third kappa shape index (κ3) is 5.45. The van der Waals surface area contributed by atoms with Crippen molar-refractivity contribution < 1.29 is 0 Å². The van der Waals surface area contributed by atoms with Crippen molar-refractivity contribution in [2.45, 2.75) is 5.41 Å². The van der Waals surface area contributed by atoms with Gasteiger partial charge in [-0.3, -0.25) is 0 Å². The summed E-state index contributed by atoms with van der Waals surface area (Å²) in [6, 6.07) is 94.5. The first kappa shape index (κ1) is 37.6. The summed E-state index contributed by atoms with van der Waals surface area (Å²) in [6.45, 7) is 0. The lowest BCUT2D eigenvalue weighted by Crippen LogP contribution is -2.33. The molecule has 2 heterocycles. The number of benzene rings is 11. The van der Waals surface area contributed by atoms with E-state index in [9.17, 15) is 0 Å². The van der Waals surface area contributed by atoms with Crippen LogP contribution < -0.4 is 4.90 Å². The fraction of sp³-hybridized carbons (Fsp3) is 0.0154. The fourth-order valence-electron chi connectivity index (χ4n) is 11.8. The zero-order chi connectivity index (χ0) is 44.1. The molecule has 2 nitrogen and oxygen atoms in total. The molecule has 11 aromatic carbocycles. The smallest absolute Gasteiger partial charge is 0.0755 e. The van der Waals surface area contributed by atoms with Gasteiger partial charge in [-0.1, -0.05) is 206 Å². The summed E-state index contributed by atoms with van der Waals surface area (Å²) < 4.78 is 2.52. The predicted molar refractivity (Wildman–Crippen MR) is 280 cm³/mol. The first-order valence-corrected chi connectivity index (χ1v) is 23.3. The molecule has 1 unspecified atom stereocenters. The summed E-state index contributed by atoms with van der Waals surface area (Å²) in [5.74, 6) is 0. The summed E-state index contributed by atoms with van der Waals surface area (Å²) >= 11 is 0. The third-order valence-electron chi connectivity index (χ3n) is 14.6. The fourth-order valence-corrected chi connectivity index (χ4v) is 11.8. The van der Waals surface area contributed by atoms with Gasteiger partial charge in [-0.05, 0) is 121 Å². The van der Waals surface area contributed by atoms with Crippen LogP contribution in [0.25, 0.3) is 82.8 Å². The van der Waals surface area contributed by atoms with Gasteiger partial charge < -0.3 is 9.47 Å². The van der Waals surface area contributed by atoms with E-state index in [4.69, 9.17) is 0 Å². The lowest BCUT2D eigenvalue weighted by molar-refractivity contribution is 0.748. The maximum absolute atomic E-state index is 2.52. The van der Waals surface area contributed by atoms with Crippen molar-refractivity contribution in [3.8, 4) is 50.2 Å². The molecule has 1 aliphatic carbocycles. The van der Waals surface area contributed by atoms with Crippen molar-refractivity contribution in [1.82, 2.24) is 4.57 Å². The number of hydrogen-bond acceptors (Lipinski definition) is 1. The van der Waals surface area contributed by atoms with Gasteiger partial charge in [-0.25, -0.2) is 0 Å². The maximum Gasteiger partial charge on any atom is 0.0755 e. The van der Waals surface area contributed by atoms with Crippen LogP contribution in [0, 0.1) is 0 Å². The number of rotatable bonds is 6. The number of aromatic nitrogens is 1. The summed E-state index contributed by atoms with van der Waals surface area (Å²) in [5.41, 5.74) is 21.4. The van der Waals surface area contributed by atoms with Crippen molar-refractivity contribution in [2.75, 3.05) is 4.90 Å². The van der Waals surface area contributed by atoms with Gasteiger partial charge in [0, 0.05) is 27.7 Å². The molecule has 0 N–H and O–H groups in total. The second-order valence-corrected chi connectivity index (χ2v) is 18.0. The van der Waals surface area contributed by atoms with Gasteiger partial charge >= 0.3 is 0 Å². The highest BCUT2D eigenvalue weighted by molar-refractivity contribution is 6.13. The first-order chi connectivity index (χ1) is 33.3. The van der Waals surface area contributed by atoms with Crippen molar-refractivity contribution in [2.24, 2.45) is 0 Å². The minimum Gasteiger partial charge on any atom is -0.310 e. The number of fused-ring (bicyclic) bond motifs is 13. The van der Waals surface area contributed by atoms with Crippen LogP contribution in [0.2, 0.25) is 0 Å². The lowest BCUT2D eigenvalue weighted by atomic mass is 9.65.